The number of rotatable bonds is 2. The van der Waals surface area contributed by atoms with Crippen LogP contribution in [0.15, 0.2) is 36.4 Å². The first-order chi connectivity index (χ1) is 8.63. The summed E-state index contributed by atoms with van der Waals surface area (Å²) in [6, 6.07) is 12.0. The van der Waals surface area contributed by atoms with Crippen molar-refractivity contribution in [1.82, 2.24) is 0 Å². The zero-order valence-corrected chi connectivity index (χ0v) is 10.7. The van der Waals surface area contributed by atoms with Crippen LogP contribution in [0.1, 0.15) is 5.56 Å². The number of benzene rings is 2. The van der Waals surface area contributed by atoms with Gasteiger partial charge < -0.3 is 10.5 Å². The smallest absolute Gasteiger partial charge is 0.151 e. The van der Waals surface area contributed by atoms with Crippen LogP contribution in [0.5, 0.6) is 11.5 Å². The number of hydrogen-bond acceptors (Lipinski definition) is 3. The number of halogens is 2. The molecule has 0 bridgehead atoms. The molecule has 2 N–H and O–H groups in total. The molecule has 0 aromatic heterocycles. The van der Waals surface area contributed by atoms with E-state index in [2.05, 4.69) is 0 Å². The van der Waals surface area contributed by atoms with Gasteiger partial charge in [-0.05, 0) is 24.3 Å². The molecular formula is C13H8Cl2N2O. The molecule has 0 fully saturated rings. The maximum Gasteiger partial charge on any atom is 0.151 e. The Hall–Kier alpha value is -1.89. The van der Waals surface area contributed by atoms with Gasteiger partial charge in [-0.1, -0.05) is 35.3 Å². The maximum atomic E-state index is 8.87. The van der Waals surface area contributed by atoms with Crippen LogP contribution in [0.2, 0.25) is 10.0 Å². The summed E-state index contributed by atoms with van der Waals surface area (Å²) in [6.07, 6.45) is 0. The summed E-state index contributed by atoms with van der Waals surface area (Å²) in [4.78, 5) is 0. The first kappa shape index (κ1) is 12.6. The molecule has 0 aliphatic carbocycles. The topological polar surface area (TPSA) is 59.0 Å². The quantitative estimate of drug-likeness (QED) is 0.836. The number of hydrogen-bond donors (Lipinski definition) is 1. The van der Waals surface area contributed by atoms with Crippen LogP contribution in [-0.4, -0.2) is 0 Å². The van der Waals surface area contributed by atoms with E-state index in [0.717, 1.165) is 0 Å². The molecule has 0 aliphatic heterocycles. The summed E-state index contributed by atoms with van der Waals surface area (Å²) in [5.41, 5.74) is 6.43. The lowest BCUT2D eigenvalue weighted by Gasteiger charge is -2.11. The fourth-order valence-corrected chi connectivity index (χ4v) is 1.74. The lowest BCUT2D eigenvalue weighted by Crippen LogP contribution is -1.95. The largest absolute Gasteiger partial charge is 0.454 e. The van der Waals surface area contributed by atoms with E-state index < -0.39 is 0 Å². The molecule has 0 heterocycles. The van der Waals surface area contributed by atoms with Crippen molar-refractivity contribution in [3.63, 3.8) is 0 Å². The summed E-state index contributed by atoms with van der Waals surface area (Å²) < 4.78 is 5.57. The van der Waals surface area contributed by atoms with Crippen LogP contribution in [0.4, 0.5) is 5.69 Å². The summed E-state index contributed by atoms with van der Waals surface area (Å²) in [5.74, 6) is 0.768. The van der Waals surface area contributed by atoms with Crippen molar-refractivity contribution in [3.05, 3.63) is 52.0 Å². The number of anilines is 1. The molecule has 2 aromatic carbocycles. The van der Waals surface area contributed by atoms with Gasteiger partial charge in [-0.3, -0.25) is 0 Å². The summed E-state index contributed by atoms with van der Waals surface area (Å²) in [7, 11) is 0. The van der Waals surface area contributed by atoms with E-state index in [1.807, 2.05) is 6.07 Å². The van der Waals surface area contributed by atoms with Crippen molar-refractivity contribution < 1.29 is 4.74 Å². The van der Waals surface area contributed by atoms with Crippen molar-refractivity contribution in [2.45, 2.75) is 0 Å². The lowest BCUT2D eigenvalue weighted by atomic mass is 10.2. The van der Waals surface area contributed by atoms with Gasteiger partial charge in [0.25, 0.3) is 0 Å². The van der Waals surface area contributed by atoms with Crippen molar-refractivity contribution in [2.75, 3.05) is 5.73 Å². The third-order valence-electron chi connectivity index (χ3n) is 2.32. The van der Waals surface area contributed by atoms with E-state index in [-0.39, 0.29) is 5.69 Å². The van der Waals surface area contributed by atoms with E-state index in [0.29, 0.717) is 27.1 Å². The molecule has 3 nitrogen and oxygen atoms in total. The highest BCUT2D eigenvalue weighted by atomic mass is 35.5. The minimum Gasteiger partial charge on any atom is -0.454 e. The average molecular weight is 279 g/mol. The normalized spacial score (nSPS) is 9.83. The first-order valence-corrected chi connectivity index (χ1v) is 5.79. The zero-order chi connectivity index (χ0) is 13.1. The number of nitriles is 1. The van der Waals surface area contributed by atoms with Gasteiger partial charge in [0, 0.05) is 0 Å². The van der Waals surface area contributed by atoms with E-state index in [1.54, 1.807) is 36.4 Å². The van der Waals surface area contributed by atoms with Crippen molar-refractivity contribution in [1.29, 1.82) is 5.26 Å². The van der Waals surface area contributed by atoms with Crippen LogP contribution < -0.4 is 10.5 Å². The fraction of sp³-hybridized carbons (Fsp3) is 0. The van der Waals surface area contributed by atoms with Crippen molar-refractivity contribution in [3.8, 4) is 17.6 Å². The number of nitrogen functional groups attached to an aromatic ring is 1. The molecule has 0 saturated heterocycles. The average Bonchev–Trinajstić information content (AvgIpc) is 2.37. The molecular weight excluding hydrogens is 271 g/mol. The van der Waals surface area contributed by atoms with E-state index in [9.17, 15) is 0 Å². The summed E-state index contributed by atoms with van der Waals surface area (Å²) >= 11 is 11.9. The van der Waals surface area contributed by atoms with Gasteiger partial charge in [0.15, 0.2) is 5.75 Å². The number of para-hydroxylation sites is 1. The zero-order valence-electron chi connectivity index (χ0n) is 9.15. The Balaban J connectivity index is 2.41. The van der Waals surface area contributed by atoms with Crippen LogP contribution in [0.3, 0.4) is 0 Å². The van der Waals surface area contributed by atoms with E-state index in [4.69, 9.17) is 38.9 Å². The van der Waals surface area contributed by atoms with Gasteiger partial charge in [-0.2, -0.15) is 5.26 Å². The monoisotopic (exact) mass is 278 g/mol. The molecule has 2 aromatic rings. The third kappa shape index (κ3) is 2.35. The fourth-order valence-electron chi connectivity index (χ4n) is 1.41. The van der Waals surface area contributed by atoms with E-state index in [1.165, 1.54) is 0 Å². The SMILES string of the molecule is N#Cc1cccc(Oc2cccc(Cl)c2Cl)c1N. The standard InChI is InChI=1S/C13H8Cl2N2O/c14-9-4-2-5-10(12(9)15)18-11-6-1-3-8(7-16)13(11)17/h1-6H,17H2. The minimum atomic E-state index is 0.274. The maximum absolute atomic E-state index is 8.87. The molecule has 0 unspecified atom stereocenters. The number of ether oxygens (including phenoxy) is 1. The predicted octanol–water partition coefficient (Wildman–Crippen LogP) is 4.24. The second kappa shape index (κ2) is 5.18. The van der Waals surface area contributed by atoms with Gasteiger partial charge in [0.2, 0.25) is 0 Å². The molecule has 0 saturated carbocycles. The molecule has 0 spiro atoms. The van der Waals surface area contributed by atoms with Gasteiger partial charge >= 0.3 is 0 Å². The highest BCUT2D eigenvalue weighted by molar-refractivity contribution is 6.42. The Labute approximate surface area is 114 Å². The Kier molecular flexibility index (Phi) is 3.61. The first-order valence-electron chi connectivity index (χ1n) is 5.04. The van der Waals surface area contributed by atoms with Crippen LogP contribution in [0.25, 0.3) is 0 Å². The molecule has 0 atom stereocenters. The Morgan fingerprint density at radius 3 is 2.44 bits per heavy atom. The number of nitrogens with two attached hydrogens (primary N) is 1. The van der Waals surface area contributed by atoms with Crippen LogP contribution in [0, 0.1) is 11.3 Å². The predicted molar refractivity (Wildman–Crippen MR) is 72.1 cm³/mol. The summed E-state index contributed by atoms with van der Waals surface area (Å²) in [5, 5.41) is 9.57. The summed E-state index contributed by atoms with van der Waals surface area (Å²) in [6.45, 7) is 0. The molecule has 90 valence electrons. The van der Waals surface area contributed by atoms with Crippen LogP contribution >= 0.6 is 23.2 Å². The Morgan fingerprint density at radius 1 is 1.06 bits per heavy atom. The molecule has 5 heteroatoms. The van der Waals surface area contributed by atoms with Crippen molar-refractivity contribution in [2.24, 2.45) is 0 Å². The Bertz CT molecular complexity index is 635. The molecule has 18 heavy (non-hydrogen) atoms. The second-order valence-corrected chi connectivity index (χ2v) is 4.27. The molecule has 0 aliphatic rings. The van der Waals surface area contributed by atoms with Gasteiger partial charge in [-0.25, -0.2) is 0 Å². The van der Waals surface area contributed by atoms with E-state index >= 15 is 0 Å². The van der Waals surface area contributed by atoms with Crippen LogP contribution in [-0.2, 0) is 0 Å². The molecule has 0 amide bonds. The molecule has 2 rings (SSSR count). The highest BCUT2D eigenvalue weighted by Gasteiger charge is 2.10. The number of nitrogens with zero attached hydrogens (tertiary/aromatic N) is 1. The van der Waals surface area contributed by atoms with Gasteiger partial charge in [-0.15, -0.1) is 0 Å². The third-order valence-corrected chi connectivity index (χ3v) is 3.12. The lowest BCUT2D eigenvalue weighted by molar-refractivity contribution is 0.485. The highest BCUT2D eigenvalue weighted by Crippen LogP contribution is 2.37. The minimum absolute atomic E-state index is 0.274. The second-order valence-electron chi connectivity index (χ2n) is 3.48. The van der Waals surface area contributed by atoms with Gasteiger partial charge in [0.1, 0.15) is 16.8 Å². The molecule has 0 radical (unpaired) electrons. The van der Waals surface area contributed by atoms with Crippen molar-refractivity contribution >= 4 is 28.9 Å². The van der Waals surface area contributed by atoms with Gasteiger partial charge in [0.05, 0.1) is 16.3 Å². The Morgan fingerprint density at radius 2 is 1.72 bits per heavy atom.